The van der Waals surface area contributed by atoms with Crippen LogP contribution in [0.5, 0.6) is 0 Å². The molecule has 0 aromatic carbocycles. The van der Waals surface area contributed by atoms with Crippen LogP contribution in [0, 0.1) is 6.92 Å². The molecule has 0 atom stereocenters. The molecule has 60 valence electrons. The van der Waals surface area contributed by atoms with E-state index in [-0.39, 0.29) is 0 Å². The SMILES string of the molecule is Cc1cccnc1SC(F)F. The Morgan fingerprint density at radius 3 is 2.82 bits per heavy atom. The van der Waals surface area contributed by atoms with Gasteiger partial charge in [-0.3, -0.25) is 0 Å². The number of hydrogen-bond donors (Lipinski definition) is 0. The second-order valence-corrected chi connectivity index (χ2v) is 2.98. The fourth-order valence-corrected chi connectivity index (χ4v) is 1.22. The molecule has 11 heavy (non-hydrogen) atoms. The summed E-state index contributed by atoms with van der Waals surface area (Å²) in [5.41, 5.74) is 0.790. The number of thioether (sulfide) groups is 1. The van der Waals surface area contributed by atoms with Crippen molar-refractivity contribution in [1.29, 1.82) is 0 Å². The van der Waals surface area contributed by atoms with Gasteiger partial charge in [-0.15, -0.1) is 0 Å². The highest BCUT2D eigenvalue weighted by atomic mass is 32.2. The topological polar surface area (TPSA) is 12.9 Å². The lowest BCUT2D eigenvalue weighted by Gasteiger charge is -2.00. The first kappa shape index (κ1) is 8.46. The molecule has 0 radical (unpaired) electrons. The predicted molar refractivity (Wildman–Crippen MR) is 40.8 cm³/mol. The predicted octanol–water partition coefficient (Wildman–Crippen LogP) is 2.70. The number of pyridine rings is 1. The molecule has 0 aliphatic rings. The molecule has 0 fully saturated rings. The summed E-state index contributed by atoms with van der Waals surface area (Å²) in [5, 5.41) is 0.405. The molecular weight excluding hydrogens is 168 g/mol. The smallest absolute Gasteiger partial charge is 0.249 e. The fraction of sp³-hybridized carbons (Fsp3) is 0.286. The van der Waals surface area contributed by atoms with E-state index in [1.54, 1.807) is 19.1 Å². The molecule has 0 unspecified atom stereocenters. The standard InChI is InChI=1S/C7H7F2NS/c1-5-3-2-4-10-6(5)11-7(8)9/h2-4,7H,1H3. The van der Waals surface area contributed by atoms with Gasteiger partial charge >= 0.3 is 0 Å². The summed E-state index contributed by atoms with van der Waals surface area (Å²) < 4.78 is 23.6. The largest absolute Gasteiger partial charge is 0.290 e. The zero-order valence-electron chi connectivity index (χ0n) is 5.92. The number of rotatable bonds is 2. The molecule has 0 aliphatic heterocycles. The maximum atomic E-state index is 11.8. The van der Waals surface area contributed by atoms with Gasteiger partial charge in [0.25, 0.3) is 5.76 Å². The van der Waals surface area contributed by atoms with Crippen molar-refractivity contribution in [3.8, 4) is 0 Å². The van der Waals surface area contributed by atoms with Crippen molar-refractivity contribution < 1.29 is 8.78 Å². The third-order valence-corrected chi connectivity index (χ3v) is 1.99. The molecule has 0 saturated heterocycles. The van der Waals surface area contributed by atoms with Crippen LogP contribution >= 0.6 is 11.8 Å². The molecule has 4 heteroatoms. The Morgan fingerprint density at radius 2 is 2.27 bits per heavy atom. The van der Waals surface area contributed by atoms with E-state index >= 15 is 0 Å². The van der Waals surface area contributed by atoms with Crippen LogP contribution in [0.4, 0.5) is 8.78 Å². The van der Waals surface area contributed by atoms with Crippen molar-refractivity contribution >= 4 is 11.8 Å². The average molecular weight is 175 g/mol. The fourth-order valence-electron chi connectivity index (χ4n) is 0.679. The monoisotopic (exact) mass is 175 g/mol. The Balaban J connectivity index is 2.78. The molecule has 1 heterocycles. The summed E-state index contributed by atoms with van der Waals surface area (Å²) in [7, 11) is 0. The summed E-state index contributed by atoms with van der Waals surface area (Å²) in [6.07, 6.45) is 1.51. The van der Waals surface area contributed by atoms with E-state index < -0.39 is 5.76 Å². The minimum absolute atomic E-state index is 0.405. The minimum atomic E-state index is -2.39. The highest BCUT2D eigenvalue weighted by molar-refractivity contribution is 7.99. The van der Waals surface area contributed by atoms with Gasteiger partial charge in [-0.2, -0.15) is 8.78 Å². The minimum Gasteiger partial charge on any atom is -0.249 e. The number of nitrogens with zero attached hydrogens (tertiary/aromatic N) is 1. The molecule has 0 bridgehead atoms. The van der Waals surface area contributed by atoms with Gasteiger partial charge < -0.3 is 0 Å². The Kier molecular flexibility index (Phi) is 2.82. The van der Waals surface area contributed by atoms with Crippen LogP contribution in [0.1, 0.15) is 5.56 Å². The zero-order valence-corrected chi connectivity index (χ0v) is 6.74. The van der Waals surface area contributed by atoms with E-state index in [0.29, 0.717) is 16.8 Å². The lowest BCUT2D eigenvalue weighted by Crippen LogP contribution is -1.87. The van der Waals surface area contributed by atoms with Crippen molar-refractivity contribution in [3.05, 3.63) is 23.9 Å². The number of halogens is 2. The van der Waals surface area contributed by atoms with Gasteiger partial charge in [0.15, 0.2) is 0 Å². The third kappa shape index (κ3) is 2.46. The van der Waals surface area contributed by atoms with E-state index in [1.807, 2.05) is 0 Å². The van der Waals surface area contributed by atoms with Gasteiger partial charge in [0.05, 0.1) is 0 Å². The molecular formula is C7H7F2NS. The van der Waals surface area contributed by atoms with E-state index in [2.05, 4.69) is 4.98 Å². The van der Waals surface area contributed by atoms with Gasteiger partial charge in [-0.1, -0.05) is 6.07 Å². The van der Waals surface area contributed by atoms with Crippen LogP contribution in [-0.4, -0.2) is 10.7 Å². The van der Waals surface area contributed by atoms with Gasteiger partial charge in [0, 0.05) is 6.20 Å². The van der Waals surface area contributed by atoms with Crippen LogP contribution in [0.2, 0.25) is 0 Å². The Hall–Kier alpha value is -0.640. The van der Waals surface area contributed by atoms with Crippen molar-refractivity contribution in [2.24, 2.45) is 0 Å². The first-order valence-electron chi connectivity index (χ1n) is 3.06. The summed E-state index contributed by atoms with van der Waals surface area (Å²) >= 11 is 0.481. The molecule has 0 N–H and O–H groups in total. The number of aryl methyl sites for hydroxylation is 1. The molecule has 0 amide bonds. The second kappa shape index (κ2) is 3.67. The van der Waals surface area contributed by atoms with Crippen molar-refractivity contribution in [1.82, 2.24) is 4.98 Å². The van der Waals surface area contributed by atoms with Crippen LogP contribution in [0.25, 0.3) is 0 Å². The quantitative estimate of drug-likeness (QED) is 0.641. The number of hydrogen-bond acceptors (Lipinski definition) is 2. The highest BCUT2D eigenvalue weighted by Crippen LogP contribution is 2.25. The van der Waals surface area contributed by atoms with Crippen molar-refractivity contribution in [2.75, 3.05) is 0 Å². The molecule has 0 saturated carbocycles. The maximum absolute atomic E-state index is 11.8. The summed E-state index contributed by atoms with van der Waals surface area (Å²) in [5.74, 6) is -2.39. The summed E-state index contributed by atoms with van der Waals surface area (Å²) in [6.45, 7) is 1.76. The first-order valence-corrected chi connectivity index (χ1v) is 3.94. The summed E-state index contributed by atoms with van der Waals surface area (Å²) in [4.78, 5) is 3.80. The lowest BCUT2D eigenvalue weighted by molar-refractivity contribution is 0.252. The Bertz CT molecular complexity index is 240. The molecule has 1 nitrogen and oxygen atoms in total. The van der Waals surface area contributed by atoms with E-state index in [4.69, 9.17) is 0 Å². The van der Waals surface area contributed by atoms with Gasteiger partial charge in [0.2, 0.25) is 0 Å². The van der Waals surface area contributed by atoms with E-state index in [9.17, 15) is 8.78 Å². The van der Waals surface area contributed by atoms with Crippen LogP contribution in [0.3, 0.4) is 0 Å². The molecule has 0 aliphatic carbocycles. The van der Waals surface area contributed by atoms with Crippen molar-refractivity contribution in [2.45, 2.75) is 17.7 Å². The first-order chi connectivity index (χ1) is 5.20. The average Bonchev–Trinajstić information content (AvgIpc) is 1.93. The normalized spacial score (nSPS) is 10.5. The van der Waals surface area contributed by atoms with Crippen LogP contribution in [-0.2, 0) is 0 Å². The van der Waals surface area contributed by atoms with E-state index in [1.165, 1.54) is 6.20 Å². The Labute approximate surface area is 67.8 Å². The number of alkyl halides is 2. The second-order valence-electron chi connectivity index (χ2n) is 2.00. The molecule has 1 aromatic heterocycles. The molecule has 1 rings (SSSR count). The third-order valence-electron chi connectivity index (χ3n) is 1.16. The van der Waals surface area contributed by atoms with Gasteiger partial charge in [0.1, 0.15) is 5.03 Å². The van der Waals surface area contributed by atoms with Gasteiger partial charge in [-0.25, -0.2) is 4.98 Å². The van der Waals surface area contributed by atoms with Crippen molar-refractivity contribution in [3.63, 3.8) is 0 Å². The zero-order chi connectivity index (χ0) is 8.27. The number of aromatic nitrogens is 1. The maximum Gasteiger partial charge on any atom is 0.290 e. The lowest BCUT2D eigenvalue weighted by atomic mass is 10.3. The van der Waals surface area contributed by atoms with E-state index in [0.717, 1.165) is 5.56 Å². The van der Waals surface area contributed by atoms with Crippen LogP contribution < -0.4 is 0 Å². The molecule has 0 spiro atoms. The summed E-state index contributed by atoms with van der Waals surface area (Å²) in [6, 6.07) is 3.49. The molecule has 1 aromatic rings. The highest BCUT2D eigenvalue weighted by Gasteiger charge is 2.07. The van der Waals surface area contributed by atoms with Gasteiger partial charge in [-0.05, 0) is 30.3 Å². The Morgan fingerprint density at radius 1 is 1.55 bits per heavy atom. The van der Waals surface area contributed by atoms with Crippen LogP contribution in [0.15, 0.2) is 23.4 Å².